The van der Waals surface area contributed by atoms with Crippen molar-refractivity contribution in [1.82, 2.24) is 4.90 Å². The van der Waals surface area contributed by atoms with Crippen molar-refractivity contribution in [2.75, 3.05) is 19.8 Å². The van der Waals surface area contributed by atoms with Crippen LogP contribution in [0, 0.1) is 0 Å². The van der Waals surface area contributed by atoms with Crippen LogP contribution in [0.3, 0.4) is 0 Å². The summed E-state index contributed by atoms with van der Waals surface area (Å²) >= 11 is 1.32. The van der Waals surface area contributed by atoms with Gasteiger partial charge in [-0.15, -0.1) is 0 Å². The van der Waals surface area contributed by atoms with Gasteiger partial charge in [-0.25, -0.2) is 9.79 Å². The lowest BCUT2D eigenvalue weighted by Crippen LogP contribution is -2.28. The van der Waals surface area contributed by atoms with Crippen molar-refractivity contribution >= 4 is 40.6 Å². The molecule has 0 radical (unpaired) electrons. The highest BCUT2D eigenvalue weighted by molar-refractivity contribution is 8.18. The Hall–Kier alpha value is -3.06. The van der Waals surface area contributed by atoms with Crippen molar-refractivity contribution in [2.24, 2.45) is 4.99 Å². The maximum atomic E-state index is 13.0. The topological polar surface area (TPSA) is 68.2 Å². The Kier molecular flexibility index (Phi) is 8.50. The minimum atomic E-state index is -0.391. The molecule has 2 aromatic carbocycles. The van der Waals surface area contributed by atoms with E-state index in [2.05, 4.69) is 11.9 Å². The molecule has 0 aliphatic carbocycles. The molecule has 0 bridgehead atoms. The summed E-state index contributed by atoms with van der Waals surface area (Å²) in [4.78, 5) is 31.9. The third-order valence-electron chi connectivity index (χ3n) is 4.75. The van der Waals surface area contributed by atoms with Gasteiger partial charge in [-0.3, -0.25) is 9.69 Å². The molecule has 1 heterocycles. The summed E-state index contributed by atoms with van der Waals surface area (Å²) in [7, 11) is 0. The van der Waals surface area contributed by atoms with Gasteiger partial charge in [0, 0.05) is 12.1 Å². The number of thioether (sulfide) groups is 1. The van der Waals surface area contributed by atoms with Crippen molar-refractivity contribution in [3.63, 3.8) is 0 Å². The summed E-state index contributed by atoms with van der Waals surface area (Å²) < 4.78 is 11.0. The molecule has 168 valence electrons. The quantitative estimate of drug-likeness (QED) is 0.279. The summed E-state index contributed by atoms with van der Waals surface area (Å²) in [5.74, 6) is 0.274. The molecule has 1 aliphatic heterocycles. The van der Waals surface area contributed by atoms with Crippen LogP contribution in [0.5, 0.6) is 5.75 Å². The monoisotopic (exact) mass is 452 g/mol. The molecule has 7 heteroatoms. The van der Waals surface area contributed by atoms with E-state index in [0.29, 0.717) is 41.1 Å². The number of esters is 1. The second-order valence-electron chi connectivity index (χ2n) is 7.07. The standard InChI is InChI=1S/C25H28N2O4S/c1-4-7-15-31-21-14-9-8-11-18(21)17-22-23(28)27(5-2)25(32-22)26-20-13-10-12-19(16-20)24(29)30-6-3/h8-14,16-17H,4-7,15H2,1-3H3. The Bertz CT molecular complexity index is 1030. The van der Waals surface area contributed by atoms with Crippen molar-refractivity contribution < 1.29 is 19.1 Å². The molecule has 1 aliphatic rings. The summed E-state index contributed by atoms with van der Waals surface area (Å²) in [5.41, 5.74) is 1.88. The summed E-state index contributed by atoms with van der Waals surface area (Å²) in [6.45, 7) is 7.24. The Labute approximate surface area is 193 Å². The third kappa shape index (κ3) is 5.79. The van der Waals surface area contributed by atoms with E-state index in [4.69, 9.17) is 9.47 Å². The van der Waals surface area contributed by atoms with Gasteiger partial charge in [0.25, 0.3) is 5.91 Å². The van der Waals surface area contributed by atoms with E-state index in [1.54, 1.807) is 36.1 Å². The van der Waals surface area contributed by atoms with E-state index in [9.17, 15) is 9.59 Å². The second kappa shape index (κ2) is 11.5. The molecule has 1 amide bonds. The van der Waals surface area contributed by atoms with Gasteiger partial charge >= 0.3 is 5.97 Å². The fraction of sp³-hybridized carbons (Fsp3) is 0.320. The van der Waals surface area contributed by atoms with Gasteiger partial charge in [0.1, 0.15) is 5.75 Å². The zero-order valence-corrected chi connectivity index (χ0v) is 19.5. The lowest BCUT2D eigenvalue weighted by atomic mass is 10.2. The molecule has 0 saturated carbocycles. The highest BCUT2D eigenvalue weighted by Crippen LogP contribution is 2.35. The van der Waals surface area contributed by atoms with Gasteiger partial charge in [-0.1, -0.05) is 37.6 Å². The van der Waals surface area contributed by atoms with E-state index >= 15 is 0 Å². The van der Waals surface area contributed by atoms with E-state index in [1.807, 2.05) is 37.3 Å². The number of amidine groups is 1. The number of rotatable bonds is 9. The summed E-state index contributed by atoms with van der Waals surface area (Å²) in [6.07, 6.45) is 3.89. The number of hydrogen-bond donors (Lipinski definition) is 0. The van der Waals surface area contributed by atoms with E-state index in [0.717, 1.165) is 24.2 Å². The number of nitrogens with zero attached hydrogens (tertiary/aromatic N) is 2. The number of carbonyl (C=O) groups excluding carboxylic acids is 2. The molecule has 6 nitrogen and oxygen atoms in total. The molecule has 1 saturated heterocycles. The minimum Gasteiger partial charge on any atom is -0.493 e. The van der Waals surface area contributed by atoms with Crippen LogP contribution in [-0.4, -0.2) is 41.7 Å². The van der Waals surface area contributed by atoms with Gasteiger partial charge in [0.05, 0.1) is 29.4 Å². The molecule has 3 rings (SSSR count). The highest BCUT2D eigenvalue weighted by Gasteiger charge is 2.32. The first kappa shape index (κ1) is 23.6. The number of benzene rings is 2. The number of aliphatic imine (C=N–C) groups is 1. The summed E-state index contributed by atoms with van der Waals surface area (Å²) in [6, 6.07) is 14.6. The van der Waals surface area contributed by atoms with Crippen LogP contribution in [-0.2, 0) is 9.53 Å². The number of hydrogen-bond acceptors (Lipinski definition) is 6. The zero-order valence-electron chi connectivity index (χ0n) is 18.7. The van der Waals surface area contributed by atoms with Crippen LogP contribution in [0.15, 0.2) is 58.4 Å². The number of likely N-dealkylation sites (N-methyl/N-ethyl adjacent to an activating group) is 1. The maximum absolute atomic E-state index is 13.0. The molecule has 2 aromatic rings. The predicted octanol–water partition coefficient (Wildman–Crippen LogP) is 5.67. The van der Waals surface area contributed by atoms with Crippen molar-refractivity contribution in [1.29, 1.82) is 0 Å². The van der Waals surface area contributed by atoms with Crippen LogP contribution in [0.1, 0.15) is 49.5 Å². The number of carbonyl (C=O) groups is 2. The molecule has 0 aromatic heterocycles. The predicted molar refractivity (Wildman–Crippen MR) is 129 cm³/mol. The molecule has 0 unspecified atom stereocenters. The third-order valence-corrected chi connectivity index (χ3v) is 5.75. The molecule has 1 fully saturated rings. The first-order chi connectivity index (χ1) is 15.6. The van der Waals surface area contributed by atoms with E-state index in [-0.39, 0.29) is 5.91 Å². The SMILES string of the molecule is CCCCOc1ccccc1C=C1SC(=Nc2cccc(C(=O)OCC)c2)N(CC)C1=O. The van der Waals surface area contributed by atoms with Gasteiger partial charge < -0.3 is 9.47 Å². The maximum Gasteiger partial charge on any atom is 0.338 e. The van der Waals surface area contributed by atoms with Gasteiger partial charge in [-0.2, -0.15) is 0 Å². The largest absolute Gasteiger partial charge is 0.493 e. The van der Waals surface area contributed by atoms with Crippen molar-refractivity contribution in [3.05, 3.63) is 64.6 Å². The minimum absolute atomic E-state index is 0.0961. The second-order valence-corrected chi connectivity index (χ2v) is 8.07. The molecule has 0 N–H and O–H groups in total. The van der Waals surface area contributed by atoms with Crippen LogP contribution >= 0.6 is 11.8 Å². The summed E-state index contributed by atoms with van der Waals surface area (Å²) in [5, 5.41) is 0.578. The lowest BCUT2D eigenvalue weighted by Gasteiger charge is -2.12. The van der Waals surface area contributed by atoms with E-state index < -0.39 is 5.97 Å². The lowest BCUT2D eigenvalue weighted by molar-refractivity contribution is -0.122. The number of para-hydroxylation sites is 1. The van der Waals surface area contributed by atoms with Crippen LogP contribution in [0.4, 0.5) is 5.69 Å². The number of ether oxygens (including phenoxy) is 2. The van der Waals surface area contributed by atoms with Crippen molar-refractivity contribution in [2.45, 2.75) is 33.6 Å². The molecule has 0 atom stereocenters. The van der Waals surface area contributed by atoms with Crippen LogP contribution in [0.25, 0.3) is 6.08 Å². The van der Waals surface area contributed by atoms with Crippen LogP contribution < -0.4 is 4.74 Å². The van der Waals surface area contributed by atoms with Gasteiger partial charge in [0.2, 0.25) is 0 Å². The normalized spacial score (nSPS) is 16.1. The Morgan fingerprint density at radius 1 is 1.12 bits per heavy atom. The Morgan fingerprint density at radius 2 is 1.94 bits per heavy atom. The van der Waals surface area contributed by atoms with Crippen LogP contribution in [0.2, 0.25) is 0 Å². The first-order valence-corrected chi connectivity index (χ1v) is 11.7. The number of unbranched alkanes of at least 4 members (excludes halogenated alkanes) is 1. The Morgan fingerprint density at radius 3 is 2.69 bits per heavy atom. The molecular formula is C25H28N2O4S. The van der Waals surface area contributed by atoms with E-state index in [1.165, 1.54) is 11.8 Å². The highest BCUT2D eigenvalue weighted by atomic mass is 32.2. The molecular weight excluding hydrogens is 424 g/mol. The molecule has 32 heavy (non-hydrogen) atoms. The number of amides is 1. The average Bonchev–Trinajstić information content (AvgIpc) is 3.09. The van der Waals surface area contributed by atoms with Gasteiger partial charge in [-0.05, 0) is 62.4 Å². The zero-order chi connectivity index (χ0) is 22.9. The van der Waals surface area contributed by atoms with Gasteiger partial charge in [0.15, 0.2) is 5.17 Å². The molecule has 0 spiro atoms. The smallest absolute Gasteiger partial charge is 0.338 e. The fourth-order valence-corrected chi connectivity index (χ4v) is 4.15. The Balaban J connectivity index is 1.87. The van der Waals surface area contributed by atoms with Crippen molar-refractivity contribution in [3.8, 4) is 5.75 Å². The first-order valence-electron chi connectivity index (χ1n) is 10.9. The average molecular weight is 453 g/mol. The fourth-order valence-electron chi connectivity index (χ4n) is 3.10.